The highest BCUT2D eigenvalue weighted by atomic mass is 19.4. The molecule has 0 atom stereocenters. The van der Waals surface area contributed by atoms with Crippen molar-refractivity contribution in [2.75, 3.05) is 0 Å². The van der Waals surface area contributed by atoms with E-state index in [1.807, 2.05) is 0 Å². The summed E-state index contributed by atoms with van der Waals surface area (Å²) >= 11 is 0. The second-order valence-corrected chi connectivity index (χ2v) is 10.2. The van der Waals surface area contributed by atoms with E-state index in [0.717, 1.165) is 69.6 Å². The Kier molecular flexibility index (Phi) is 8.44. The lowest BCUT2D eigenvalue weighted by atomic mass is 9.68. The summed E-state index contributed by atoms with van der Waals surface area (Å²) in [6.45, 7) is 0. The summed E-state index contributed by atoms with van der Waals surface area (Å²) < 4.78 is 106. The average molecular weight is 529 g/mol. The first-order valence-electron chi connectivity index (χ1n) is 12.6. The Hall–Kier alpha value is -2.64. The van der Waals surface area contributed by atoms with Gasteiger partial charge in [0.25, 0.3) is 6.08 Å². The first kappa shape index (κ1) is 27.4. The Morgan fingerprint density at radius 2 is 1.27 bits per heavy atom. The number of halogens is 8. The number of benzene rings is 2. The molecule has 0 nitrogen and oxygen atoms in total. The summed E-state index contributed by atoms with van der Waals surface area (Å²) in [7, 11) is 0. The lowest BCUT2D eigenvalue weighted by molar-refractivity contribution is -0.140. The number of alkyl halides is 3. The number of allylic oxidation sites excluding steroid dienone is 1. The van der Waals surface area contributed by atoms with Gasteiger partial charge in [-0.15, -0.1) is 0 Å². The third-order valence-corrected chi connectivity index (χ3v) is 7.93. The Labute approximate surface area is 211 Å². The van der Waals surface area contributed by atoms with Gasteiger partial charge in [-0.1, -0.05) is 12.1 Å². The molecular formula is C29H28F8. The van der Waals surface area contributed by atoms with E-state index in [1.165, 1.54) is 18.2 Å². The topological polar surface area (TPSA) is 0 Å². The maximum atomic E-state index is 14.8. The first-order valence-corrected chi connectivity index (χ1v) is 12.6. The van der Waals surface area contributed by atoms with Gasteiger partial charge in [-0.05, 0) is 123 Å². The van der Waals surface area contributed by atoms with Crippen LogP contribution >= 0.6 is 0 Å². The molecule has 4 rings (SSSR count). The summed E-state index contributed by atoms with van der Waals surface area (Å²) in [5, 5.41) is 0. The molecule has 2 aliphatic rings. The highest BCUT2D eigenvalue weighted by molar-refractivity contribution is 5.70. The van der Waals surface area contributed by atoms with Gasteiger partial charge in [0.2, 0.25) is 0 Å². The summed E-state index contributed by atoms with van der Waals surface area (Å²) in [5.41, 5.74) is -1.13. The van der Waals surface area contributed by atoms with Gasteiger partial charge in [-0.2, -0.15) is 22.0 Å². The summed E-state index contributed by atoms with van der Waals surface area (Å²) in [4.78, 5) is 0. The average Bonchev–Trinajstić information content (AvgIpc) is 2.83. The Morgan fingerprint density at radius 1 is 0.703 bits per heavy atom. The molecule has 0 unspecified atom stereocenters. The van der Waals surface area contributed by atoms with E-state index in [9.17, 15) is 35.1 Å². The summed E-state index contributed by atoms with van der Waals surface area (Å²) in [6.07, 6.45) is 3.73. The standard InChI is InChI=1S/C29H28F8/c30-25-15-22(21-9-7-20(8-10-21)19-5-1-18(2-6-19)14-28(33)34)16-26(31)23(25)11-3-17-4-12-24(27(32)13-17)29(35,36)37/h3-4,11-16,18-21H,1-2,5-10H2/b11-3+. The van der Waals surface area contributed by atoms with Crippen molar-refractivity contribution in [3.8, 4) is 0 Å². The van der Waals surface area contributed by atoms with Gasteiger partial charge >= 0.3 is 6.18 Å². The molecule has 2 aromatic rings. The predicted molar refractivity (Wildman–Crippen MR) is 127 cm³/mol. The Bertz CT molecular complexity index is 1120. The highest BCUT2D eigenvalue weighted by Gasteiger charge is 2.34. The van der Waals surface area contributed by atoms with Crippen molar-refractivity contribution in [3.63, 3.8) is 0 Å². The van der Waals surface area contributed by atoms with Gasteiger partial charge in [0, 0.05) is 5.56 Å². The second kappa shape index (κ2) is 11.4. The van der Waals surface area contributed by atoms with E-state index in [1.54, 1.807) is 0 Å². The van der Waals surface area contributed by atoms with Crippen LogP contribution in [0.1, 0.15) is 79.5 Å². The van der Waals surface area contributed by atoms with Crippen LogP contribution in [0, 0.1) is 35.2 Å². The van der Waals surface area contributed by atoms with Crippen LogP contribution in [0.4, 0.5) is 35.1 Å². The molecule has 0 saturated heterocycles. The summed E-state index contributed by atoms with van der Waals surface area (Å²) in [5.74, 6) is -2.06. The monoisotopic (exact) mass is 528 g/mol. The maximum Gasteiger partial charge on any atom is 0.419 e. The first-order chi connectivity index (χ1) is 17.5. The number of hydrogen-bond donors (Lipinski definition) is 0. The molecule has 37 heavy (non-hydrogen) atoms. The van der Waals surface area contributed by atoms with Crippen molar-refractivity contribution in [1.29, 1.82) is 0 Å². The molecule has 0 aliphatic heterocycles. The zero-order valence-corrected chi connectivity index (χ0v) is 20.1. The molecule has 0 spiro atoms. The van der Waals surface area contributed by atoms with E-state index in [4.69, 9.17) is 0 Å². The van der Waals surface area contributed by atoms with E-state index in [-0.39, 0.29) is 23.0 Å². The highest BCUT2D eigenvalue weighted by Crippen LogP contribution is 2.44. The van der Waals surface area contributed by atoms with Crippen LogP contribution in [0.3, 0.4) is 0 Å². The van der Waals surface area contributed by atoms with E-state index >= 15 is 0 Å². The minimum atomic E-state index is -4.83. The van der Waals surface area contributed by atoms with Gasteiger partial charge in [-0.25, -0.2) is 13.2 Å². The van der Waals surface area contributed by atoms with Gasteiger partial charge in [0.1, 0.15) is 17.5 Å². The lowest BCUT2D eigenvalue weighted by Crippen LogP contribution is -2.25. The van der Waals surface area contributed by atoms with Gasteiger partial charge in [0.15, 0.2) is 0 Å². The largest absolute Gasteiger partial charge is 0.419 e. The van der Waals surface area contributed by atoms with Crippen LogP contribution in [-0.2, 0) is 6.18 Å². The molecule has 200 valence electrons. The second-order valence-electron chi connectivity index (χ2n) is 10.2. The SMILES string of the molecule is FC(F)=CC1CCC(C2CCC(c3cc(F)c(/C=C/c4ccc(C(F)(F)F)c(F)c4)c(F)c3)CC2)CC1. The predicted octanol–water partition coefficient (Wildman–Crippen LogP) is 10.2. The van der Waals surface area contributed by atoms with Crippen molar-refractivity contribution in [3.05, 3.63) is 82.2 Å². The molecule has 2 fully saturated rings. The molecule has 8 heteroatoms. The fourth-order valence-corrected chi connectivity index (χ4v) is 5.93. The van der Waals surface area contributed by atoms with Crippen LogP contribution in [0.25, 0.3) is 12.2 Å². The molecule has 2 aliphatic carbocycles. The molecule has 2 aromatic carbocycles. The van der Waals surface area contributed by atoms with E-state index in [0.29, 0.717) is 29.5 Å². The zero-order valence-electron chi connectivity index (χ0n) is 20.1. The fraction of sp³-hybridized carbons (Fsp3) is 0.448. The minimum absolute atomic E-state index is 0.0159. The zero-order chi connectivity index (χ0) is 26.7. The summed E-state index contributed by atoms with van der Waals surface area (Å²) in [6, 6.07) is 4.89. The molecule has 0 radical (unpaired) electrons. The molecular weight excluding hydrogens is 500 g/mol. The van der Waals surface area contributed by atoms with Crippen LogP contribution in [0.2, 0.25) is 0 Å². The third-order valence-electron chi connectivity index (χ3n) is 7.93. The fourth-order valence-electron chi connectivity index (χ4n) is 5.93. The minimum Gasteiger partial charge on any atom is -0.206 e. The lowest BCUT2D eigenvalue weighted by Gasteiger charge is -2.37. The smallest absolute Gasteiger partial charge is 0.206 e. The third kappa shape index (κ3) is 6.82. The van der Waals surface area contributed by atoms with Crippen molar-refractivity contribution in [1.82, 2.24) is 0 Å². The molecule has 0 N–H and O–H groups in total. The van der Waals surface area contributed by atoms with Gasteiger partial charge in [-0.3, -0.25) is 0 Å². The molecule has 0 heterocycles. The van der Waals surface area contributed by atoms with Crippen molar-refractivity contribution in [2.24, 2.45) is 17.8 Å². The van der Waals surface area contributed by atoms with Crippen molar-refractivity contribution >= 4 is 12.2 Å². The Morgan fingerprint density at radius 3 is 1.78 bits per heavy atom. The van der Waals surface area contributed by atoms with Gasteiger partial charge < -0.3 is 0 Å². The molecule has 0 amide bonds. The number of hydrogen-bond acceptors (Lipinski definition) is 0. The van der Waals surface area contributed by atoms with E-state index < -0.39 is 35.3 Å². The van der Waals surface area contributed by atoms with Gasteiger partial charge in [0.05, 0.1) is 5.56 Å². The molecule has 0 aromatic heterocycles. The van der Waals surface area contributed by atoms with Crippen molar-refractivity contribution in [2.45, 2.75) is 63.5 Å². The molecule has 0 bridgehead atoms. The Balaban J connectivity index is 1.37. The van der Waals surface area contributed by atoms with Crippen LogP contribution in [0.15, 0.2) is 42.5 Å². The van der Waals surface area contributed by atoms with E-state index in [2.05, 4.69) is 0 Å². The molecule has 2 saturated carbocycles. The van der Waals surface area contributed by atoms with Crippen LogP contribution in [-0.4, -0.2) is 0 Å². The quantitative estimate of drug-likeness (QED) is 0.268. The van der Waals surface area contributed by atoms with Crippen molar-refractivity contribution < 1.29 is 35.1 Å². The van der Waals surface area contributed by atoms with Crippen LogP contribution < -0.4 is 0 Å². The normalized spacial score (nSPS) is 24.9. The number of rotatable bonds is 5. The maximum absolute atomic E-state index is 14.8. The van der Waals surface area contributed by atoms with Crippen LogP contribution in [0.5, 0.6) is 0 Å².